The maximum Gasteiger partial charge on any atom is 0.253 e. The average Bonchev–Trinajstić information content (AvgIpc) is 3.25. The molecule has 1 N–H and O–H groups in total. The number of ether oxygens (including phenoxy) is 1. The van der Waals surface area contributed by atoms with Crippen LogP contribution in [-0.4, -0.2) is 10.9 Å². The number of aromatic nitrogens is 1. The van der Waals surface area contributed by atoms with Gasteiger partial charge in [-0.05, 0) is 48.4 Å². The molecule has 0 radical (unpaired) electrons. The number of hydrogen-bond acceptors (Lipinski definition) is 4. The number of benzene rings is 2. The van der Waals surface area contributed by atoms with Crippen LogP contribution in [0.1, 0.15) is 32.9 Å². The quantitative estimate of drug-likeness (QED) is 0.475. The summed E-state index contributed by atoms with van der Waals surface area (Å²) in [7, 11) is 0. The number of pyridine rings is 1. The van der Waals surface area contributed by atoms with E-state index in [0.717, 1.165) is 22.3 Å². The maximum absolute atomic E-state index is 13.4. The van der Waals surface area contributed by atoms with Crippen molar-refractivity contribution in [2.75, 3.05) is 0 Å². The van der Waals surface area contributed by atoms with Gasteiger partial charge in [0, 0.05) is 18.0 Å². The Morgan fingerprint density at radius 1 is 1.07 bits per heavy atom. The SMILES string of the molecule is Cc1nc2cc(F)ccc2cc1C(=O)NCc1cccc(COCc2ccco2)c1. The summed E-state index contributed by atoms with van der Waals surface area (Å²) in [4.78, 5) is 17.0. The van der Waals surface area contributed by atoms with Gasteiger partial charge in [-0.1, -0.05) is 24.3 Å². The first kappa shape index (κ1) is 19.8. The van der Waals surface area contributed by atoms with Gasteiger partial charge in [0.15, 0.2) is 0 Å². The van der Waals surface area contributed by atoms with Gasteiger partial charge in [0.05, 0.1) is 29.6 Å². The van der Waals surface area contributed by atoms with Crippen LogP contribution < -0.4 is 5.32 Å². The highest BCUT2D eigenvalue weighted by Crippen LogP contribution is 2.18. The first-order valence-corrected chi connectivity index (χ1v) is 9.61. The fraction of sp³-hybridized carbons (Fsp3) is 0.167. The molecule has 0 aliphatic rings. The molecule has 0 saturated carbocycles. The zero-order valence-corrected chi connectivity index (χ0v) is 16.5. The molecule has 0 atom stereocenters. The molecule has 0 aliphatic carbocycles. The predicted octanol–water partition coefficient (Wildman–Crippen LogP) is 4.92. The Hall–Kier alpha value is -3.51. The molecule has 30 heavy (non-hydrogen) atoms. The van der Waals surface area contributed by atoms with Crippen LogP contribution in [-0.2, 0) is 24.5 Å². The van der Waals surface area contributed by atoms with Crippen LogP contribution >= 0.6 is 0 Å². The molecule has 0 bridgehead atoms. The highest BCUT2D eigenvalue weighted by molar-refractivity contribution is 5.98. The van der Waals surface area contributed by atoms with Crippen LogP contribution in [0.4, 0.5) is 4.39 Å². The predicted molar refractivity (Wildman–Crippen MR) is 111 cm³/mol. The second-order valence-corrected chi connectivity index (χ2v) is 7.03. The van der Waals surface area contributed by atoms with E-state index >= 15 is 0 Å². The molecule has 4 rings (SSSR count). The van der Waals surface area contributed by atoms with Gasteiger partial charge in [-0.25, -0.2) is 4.39 Å². The van der Waals surface area contributed by atoms with E-state index in [0.29, 0.717) is 36.5 Å². The number of carbonyl (C=O) groups is 1. The topological polar surface area (TPSA) is 64.4 Å². The molecule has 152 valence electrons. The van der Waals surface area contributed by atoms with Crippen molar-refractivity contribution in [3.63, 3.8) is 0 Å². The van der Waals surface area contributed by atoms with Crippen LogP contribution in [0.3, 0.4) is 0 Å². The lowest BCUT2D eigenvalue weighted by Gasteiger charge is -2.10. The number of nitrogens with one attached hydrogen (secondary N) is 1. The monoisotopic (exact) mass is 404 g/mol. The molecule has 5 nitrogen and oxygen atoms in total. The molecule has 0 aliphatic heterocycles. The van der Waals surface area contributed by atoms with Crippen molar-refractivity contribution >= 4 is 16.8 Å². The molecule has 1 amide bonds. The van der Waals surface area contributed by atoms with Crippen LogP contribution in [0.5, 0.6) is 0 Å². The molecule has 2 heterocycles. The zero-order valence-electron chi connectivity index (χ0n) is 16.5. The fourth-order valence-corrected chi connectivity index (χ4v) is 3.24. The summed E-state index contributed by atoms with van der Waals surface area (Å²) in [5.74, 6) is 0.214. The maximum atomic E-state index is 13.4. The van der Waals surface area contributed by atoms with Gasteiger partial charge < -0.3 is 14.5 Å². The van der Waals surface area contributed by atoms with E-state index in [1.165, 1.54) is 12.1 Å². The molecule has 0 saturated heterocycles. The van der Waals surface area contributed by atoms with Gasteiger partial charge in [0.2, 0.25) is 0 Å². The standard InChI is InChI=1S/C24H21FN2O3/c1-16-22(11-19-7-8-20(25)12-23(19)27-16)24(28)26-13-17-4-2-5-18(10-17)14-29-15-21-6-3-9-30-21/h2-12H,13-15H2,1H3,(H,26,28). The Labute approximate surface area is 173 Å². The summed E-state index contributed by atoms with van der Waals surface area (Å²) in [6.45, 7) is 2.99. The van der Waals surface area contributed by atoms with Crippen LogP contribution in [0.15, 0.2) is 71.3 Å². The third-order valence-electron chi connectivity index (χ3n) is 4.75. The third kappa shape index (κ3) is 4.72. The molecule has 2 aromatic carbocycles. The molecular formula is C24H21FN2O3. The van der Waals surface area contributed by atoms with Crippen molar-refractivity contribution in [1.29, 1.82) is 0 Å². The molecule has 4 aromatic rings. The van der Waals surface area contributed by atoms with E-state index < -0.39 is 0 Å². The van der Waals surface area contributed by atoms with Crippen molar-refractivity contribution in [3.8, 4) is 0 Å². The lowest BCUT2D eigenvalue weighted by molar-refractivity contribution is 0.0928. The van der Waals surface area contributed by atoms with Crippen molar-refractivity contribution in [2.45, 2.75) is 26.7 Å². The largest absolute Gasteiger partial charge is 0.467 e. The summed E-state index contributed by atoms with van der Waals surface area (Å²) >= 11 is 0. The minimum atomic E-state index is -0.348. The number of amides is 1. The Morgan fingerprint density at radius 2 is 1.93 bits per heavy atom. The Kier molecular flexibility index (Phi) is 5.86. The van der Waals surface area contributed by atoms with Gasteiger partial charge in [-0.15, -0.1) is 0 Å². The molecular weight excluding hydrogens is 383 g/mol. The summed E-state index contributed by atoms with van der Waals surface area (Å²) < 4.78 is 24.3. The fourth-order valence-electron chi connectivity index (χ4n) is 3.24. The van der Waals surface area contributed by atoms with E-state index in [4.69, 9.17) is 9.15 Å². The Balaban J connectivity index is 1.38. The van der Waals surface area contributed by atoms with E-state index in [-0.39, 0.29) is 11.7 Å². The molecule has 0 fully saturated rings. The highest BCUT2D eigenvalue weighted by Gasteiger charge is 2.12. The van der Waals surface area contributed by atoms with E-state index in [9.17, 15) is 9.18 Å². The van der Waals surface area contributed by atoms with Crippen molar-refractivity contribution in [1.82, 2.24) is 10.3 Å². The lowest BCUT2D eigenvalue weighted by Crippen LogP contribution is -2.24. The number of halogens is 1. The minimum Gasteiger partial charge on any atom is -0.467 e. The first-order valence-electron chi connectivity index (χ1n) is 9.61. The van der Waals surface area contributed by atoms with Crippen LogP contribution in [0, 0.1) is 12.7 Å². The minimum absolute atomic E-state index is 0.217. The highest BCUT2D eigenvalue weighted by atomic mass is 19.1. The smallest absolute Gasteiger partial charge is 0.253 e. The lowest BCUT2D eigenvalue weighted by atomic mass is 10.1. The number of rotatable bonds is 7. The van der Waals surface area contributed by atoms with Gasteiger partial charge in [0.1, 0.15) is 18.2 Å². The number of aryl methyl sites for hydroxylation is 1. The van der Waals surface area contributed by atoms with Crippen molar-refractivity contribution in [3.05, 3.63) is 101 Å². The van der Waals surface area contributed by atoms with Gasteiger partial charge in [-0.2, -0.15) is 0 Å². The summed E-state index contributed by atoms with van der Waals surface area (Å²) in [6.07, 6.45) is 1.62. The summed E-state index contributed by atoms with van der Waals surface area (Å²) in [6, 6.07) is 17.6. The molecule has 2 aromatic heterocycles. The number of furan rings is 1. The van der Waals surface area contributed by atoms with Crippen LogP contribution in [0.25, 0.3) is 10.9 Å². The van der Waals surface area contributed by atoms with Crippen molar-refractivity contribution < 1.29 is 18.3 Å². The summed E-state index contributed by atoms with van der Waals surface area (Å²) in [5, 5.41) is 3.65. The number of nitrogens with zero attached hydrogens (tertiary/aromatic N) is 1. The average molecular weight is 404 g/mol. The number of hydrogen-bond donors (Lipinski definition) is 1. The normalized spacial score (nSPS) is 11.0. The molecule has 0 unspecified atom stereocenters. The van der Waals surface area contributed by atoms with Crippen LogP contribution in [0.2, 0.25) is 0 Å². The second kappa shape index (κ2) is 8.88. The van der Waals surface area contributed by atoms with Gasteiger partial charge >= 0.3 is 0 Å². The Morgan fingerprint density at radius 3 is 2.77 bits per heavy atom. The number of carbonyl (C=O) groups excluding carboxylic acids is 1. The third-order valence-corrected chi connectivity index (χ3v) is 4.75. The summed E-state index contributed by atoms with van der Waals surface area (Å²) in [5.41, 5.74) is 3.55. The number of fused-ring (bicyclic) bond motifs is 1. The second-order valence-electron chi connectivity index (χ2n) is 7.03. The van der Waals surface area contributed by atoms with E-state index in [1.54, 1.807) is 25.3 Å². The van der Waals surface area contributed by atoms with E-state index in [1.807, 2.05) is 36.4 Å². The Bertz CT molecular complexity index is 1170. The van der Waals surface area contributed by atoms with Gasteiger partial charge in [0.25, 0.3) is 5.91 Å². The van der Waals surface area contributed by atoms with Gasteiger partial charge in [-0.3, -0.25) is 9.78 Å². The van der Waals surface area contributed by atoms with Crippen molar-refractivity contribution in [2.24, 2.45) is 0 Å². The molecule has 0 spiro atoms. The first-order chi connectivity index (χ1) is 14.6. The van der Waals surface area contributed by atoms with E-state index in [2.05, 4.69) is 10.3 Å². The molecule has 6 heteroatoms. The zero-order chi connectivity index (χ0) is 20.9.